The number of carboxylic acid groups (broad SMARTS) is 1. The third-order valence-corrected chi connectivity index (χ3v) is 2.10. The summed E-state index contributed by atoms with van der Waals surface area (Å²) in [5, 5.41) is 12.5. The summed E-state index contributed by atoms with van der Waals surface area (Å²) in [4.78, 5) is 15.6. The quantitative estimate of drug-likeness (QED) is 0.535. The van der Waals surface area contributed by atoms with Crippen molar-refractivity contribution >= 4 is 11.7 Å². The summed E-state index contributed by atoms with van der Waals surface area (Å²) < 4.78 is 0. The first-order valence-corrected chi connectivity index (χ1v) is 4.39. The van der Waals surface area contributed by atoms with Crippen LogP contribution in [0.25, 0.3) is 0 Å². The fraction of sp³-hybridized carbons (Fsp3) is 0.778. The highest BCUT2D eigenvalue weighted by Gasteiger charge is 2.31. The fourth-order valence-electron chi connectivity index (χ4n) is 0.801. The van der Waals surface area contributed by atoms with Crippen LogP contribution >= 0.6 is 0 Å². The lowest BCUT2D eigenvalue weighted by Crippen LogP contribution is -2.33. The maximum atomic E-state index is 10.6. The van der Waals surface area contributed by atoms with Crippen molar-refractivity contribution in [3.63, 3.8) is 0 Å². The minimum Gasteiger partial charge on any atom is -0.478 e. The Labute approximate surface area is 77.6 Å². The maximum Gasteiger partial charge on any atom is 0.350 e. The number of aliphatic carboxylic acids is 1. The lowest BCUT2D eigenvalue weighted by atomic mass is 10.1. The van der Waals surface area contributed by atoms with Crippen LogP contribution in [0.1, 0.15) is 33.6 Å². The predicted molar refractivity (Wildman–Crippen MR) is 48.6 cm³/mol. The lowest BCUT2D eigenvalue weighted by molar-refractivity contribution is -0.161. The number of nitrogens with zero attached hydrogens (tertiary/aromatic N) is 1. The fourth-order valence-corrected chi connectivity index (χ4v) is 0.801. The van der Waals surface area contributed by atoms with Crippen molar-refractivity contribution in [3.05, 3.63) is 0 Å². The van der Waals surface area contributed by atoms with Crippen LogP contribution in [-0.4, -0.2) is 22.4 Å². The smallest absolute Gasteiger partial charge is 0.350 e. The zero-order chi connectivity index (χ0) is 10.1. The van der Waals surface area contributed by atoms with Crippen LogP contribution in [0.2, 0.25) is 0 Å². The van der Waals surface area contributed by atoms with Crippen LogP contribution in [-0.2, 0) is 9.63 Å². The number of oxime groups is 1. The second-order valence-electron chi connectivity index (χ2n) is 3.91. The zero-order valence-corrected chi connectivity index (χ0v) is 8.20. The second-order valence-corrected chi connectivity index (χ2v) is 3.91. The average molecular weight is 185 g/mol. The van der Waals surface area contributed by atoms with E-state index < -0.39 is 11.6 Å². The van der Waals surface area contributed by atoms with Crippen molar-refractivity contribution in [2.24, 2.45) is 11.1 Å². The van der Waals surface area contributed by atoms with Gasteiger partial charge in [-0.3, -0.25) is 0 Å². The van der Waals surface area contributed by atoms with Gasteiger partial charge in [0.15, 0.2) is 0 Å². The van der Waals surface area contributed by atoms with Crippen LogP contribution in [0.15, 0.2) is 5.16 Å². The van der Waals surface area contributed by atoms with Crippen LogP contribution in [0, 0.1) is 5.92 Å². The van der Waals surface area contributed by atoms with Gasteiger partial charge in [0.05, 0.1) is 5.71 Å². The first kappa shape index (κ1) is 10.0. The van der Waals surface area contributed by atoms with E-state index in [0.29, 0.717) is 5.92 Å². The Kier molecular flexibility index (Phi) is 2.59. The lowest BCUT2D eigenvalue weighted by Gasteiger charge is -2.16. The first-order valence-electron chi connectivity index (χ1n) is 4.39. The molecule has 0 radical (unpaired) electrons. The molecule has 0 amide bonds. The van der Waals surface area contributed by atoms with Crippen molar-refractivity contribution in [1.29, 1.82) is 0 Å². The summed E-state index contributed by atoms with van der Waals surface area (Å²) in [6, 6.07) is 0. The van der Waals surface area contributed by atoms with Crippen molar-refractivity contribution in [1.82, 2.24) is 0 Å². The molecule has 0 aromatic rings. The molecule has 0 saturated heterocycles. The van der Waals surface area contributed by atoms with Gasteiger partial charge in [-0.25, -0.2) is 4.79 Å². The molecule has 74 valence electrons. The number of carboxylic acids is 1. The van der Waals surface area contributed by atoms with Crippen LogP contribution < -0.4 is 0 Å². The van der Waals surface area contributed by atoms with Gasteiger partial charge in [-0.1, -0.05) is 5.16 Å². The predicted octanol–water partition coefficient (Wildman–Crippen LogP) is 1.65. The molecule has 0 heterocycles. The molecule has 0 unspecified atom stereocenters. The number of rotatable bonds is 4. The first-order chi connectivity index (χ1) is 5.93. The average Bonchev–Trinajstić information content (AvgIpc) is 2.82. The maximum absolute atomic E-state index is 10.6. The molecule has 0 aliphatic heterocycles. The van der Waals surface area contributed by atoms with E-state index in [1.165, 1.54) is 13.8 Å². The molecule has 0 spiro atoms. The van der Waals surface area contributed by atoms with E-state index in [2.05, 4.69) is 5.16 Å². The van der Waals surface area contributed by atoms with Crippen molar-refractivity contribution < 1.29 is 14.7 Å². The number of hydrogen-bond acceptors (Lipinski definition) is 3. The molecule has 1 aliphatic carbocycles. The third-order valence-electron chi connectivity index (χ3n) is 2.10. The van der Waals surface area contributed by atoms with E-state index in [1.807, 2.05) is 6.92 Å². The molecular formula is C9H15NO3. The van der Waals surface area contributed by atoms with E-state index in [1.54, 1.807) is 0 Å². The summed E-state index contributed by atoms with van der Waals surface area (Å²) in [5.74, 6) is -0.482. The van der Waals surface area contributed by atoms with Gasteiger partial charge in [-0.15, -0.1) is 0 Å². The molecular weight excluding hydrogens is 170 g/mol. The van der Waals surface area contributed by atoms with Gasteiger partial charge in [0.25, 0.3) is 0 Å². The standard InChI is InChI=1S/C9H15NO3/c1-6(7-4-5-7)10-13-9(2,3)8(11)12/h7H,4-5H2,1-3H3,(H,11,12)/b10-6+. The van der Waals surface area contributed by atoms with Crippen LogP contribution in [0.3, 0.4) is 0 Å². The molecule has 1 aliphatic rings. The summed E-state index contributed by atoms with van der Waals surface area (Å²) in [6.45, 7) is 4.84. The summed E-state index contributed by atoms with van der Waals surface area (Å²) in [5.41, 5.74) is -0.329. The van der Waals surface area contributed by atoms with Gasteiger partial charge in [-0.05, 0) is 33.6 Å². The largest absolute Gasteiger partial charge is 0.478 e. The van der Waals surface area contributed by atoms with Gasteiger partial charge in [0.2, 0.25) is 5.60 Å². The Balaban J connectivity index is 2.48. The SMILES string of the molecule is C/C(=N\OC(C)(C)C(=O)O)C1CC1. The Morgan fingerprint density at radius 3 is 2.46 bits per heavy atom. The summed E-state index contributed by atoms with van der Waals surface area (Å²) in [7, 11) is 0. The topological polar surface area (TPSA) is 58.9 Å². The molecule has 0 aromatic carbocycles. The summed E-state index contributed by atoms with van der Waals surface area (Å²) >= 11 is 0. The van der Waals surface area contributed by atoms with E-state index in [9.17, 15) is 4.79 Å². The Hall–Kier alpha value is -1.06. The highest BCUT2D eigenvalue weighted by Crippen LogP contribution is 2.30. The van der Waals surface area contributed by atoms with Gasteiger partial charge < -0.3 is 9.94 Å². The van der Waals surface area contributed by atoms with E-state index in [0.717, 1.165) is 18.6 Å². The molecule has 0 aromatic heterocycles. The summed E-state index contributed by atoms with van der Waals surface area (Å²) in [6.07, 6.45) is 2.29. The molecule has 1 saturated carbocycles. The minimum absolute atomic E-state index is 0.518. The zero-order valence-electron chi connectivity index (χ0n) is 8.20. The van der Waals surface area contributed by atoms with Gasteiger partial charge in [-0.2, -0.15) is 0 Å². The molecule has 4 heteroatoms. The van der Waals surface area contributed by atoms with E-state index >= 15 is 0 Å². The Bertz CT molecular complexity index is 241. The van der Waals surface area contributed by atoms with Crippen molar-refractivity contribution in [3.8, 4) is 0 Å². The van der Waals surface area contributed by atoms with Gasteiger partial charge in [0, 0.05) is 5.92 Å². The van der Waals surface area contributed by atoms with Crippen LogP contribution in [0.5, 0.6) is 0 Å². The second kappa shape index (κ2) is 3.36. The highest BCUT2D eigenvalue weighted by molar-refractivity contribution is 5.86. The minimum atomic E-state index is -1.23. The van der Waals surface area contributed by atoms with Gasteiger partial charge in [0.1, 0.15) is 0 Å². The Morgan fingerprint density at radius 1 is 1.54 bits per heavy atom. The van der Waals surface area contributed by atoms with Gasteiger partial charge >= 0.3 is 5.97 Å². The third kappa shape index (κ3) is 2.72. The van der Waals surface area contributed by atoms with Crippen LogP contribution in [0.4, 0.5) is 0 Å². The molecule has 1 rings (SSSR count). The van der Waals surface area contributed by atoms with Crippen molar-refractivity contribution in [2.75, 3.05) is 0 Å². The number of hydrogen-bond donors (Lipinski definition) is 1. The molecule has 13 heavy (non-hydrogen) atoms. The van der Waals surface area contributed by atoms with E-state index in [4.69, 9.17) is 9.94 Å². The molecule has 0 atom stereocenters. The molecule has 1 fully saturated rings. The highest BCUT2D eigenvalue weighted by atomic mass is 16.7. The number of carbonyl (C=O) groups is 1. The monoisotopic (exact) mass is 185 g/mol. The molecule has 0 bridgehead atoms. The van der Waals surface area contributed by atoms with E-state index in [-0.39, 0.29) is 0 Å². The molecule has 4 nitrogen and oxygen atoms in total. The van der Waals surface area contributed by atoms with Crippen molar-refractivity contribution in [2.45, 2.75) is 39.2 Å². The normalized spacial score (nSPS) is 18.5. The Morgan fingerprint density at radius 2 is 2.08 bits per heavy atom. The molecule has 1 N–H and O–H groups in total.